The van der Waals surface area contributed by atoms with Crippen molar-refractivity contribution < 1.29 is 18.7 Å². The lowest BCUT2D eigenvalue weighted by Crippen LogP contribution is -2.28. The average molecular weight is 303 g/mol. The van der Waals surface area contributed by atoms with Crippen LogP contribution in [0.5, 0.6) is 11.5 Å². The highest BCUT2D eigenvalue weighted by molar-refractivity contribution is 5.77. The summed E-state index contributed by atoms with van der Waals surface area (Å²) in [6.45, 7) is 2.16. The van der Waals surface area contributed by atoms with Crippen molar-refractivity contribution in [1.82, 2.24) is 5.32 Å². The van der Waals surface area contributed by atoms with Gasteiger partial charge in [0.15, 0.2) is 18.1 Å². The second kappa shape index (κ2) is 7.45. The van der Waals surface area contributed by atoms with E-state index in [1.54, 1.807) is 25.3 Å². The predicted octanol–water partition coefficient (Wildman–Crippen LogP) is 2.84. The van der Waals surface area contributed by atoms with E-state index in [0.29, 0.717) is 18.0 Å². The summed E-state index contributed by atoms with van der Waals surface area (Å²) in [7, 11) is 1.55. The first kappa shape index (κ1) is 15.8. The standard InChI is InChI=1S/C17H18FNO3/c1-12-3-8-15(16(9-12)21-2)22-11-17(20)19-10-13-4-6-14(18)7-5-13/h3-9H,10-11H2,1-2H3,(H,19,20). The molecule has 0 aliphatic heterocycles. The molecule has 0 bridgehead atoms. The molecule has 0 heterocycles. The van der Waals surface area contributed by atoms with Crippen LogP contribution in [-0.2, 0) is 11.3 Å². The molecular weight excluding hydrogens is 285 g/mol. The van der Waals surface area contributed by atoms with Crippen molar-refractivity contribution in [2.24, 2.45) is 0 Å². The van der Waals surface area contributed by atoms with Gasteiger partial charge in [-0.05, 0) is 42.3 Å². The van der Waals surface area contributed by atoms with Gasteiger partial charge >= 0.3 is 0 Å². The minimum absolute atomic E-state index is 0.111. The van der Waals surface area contributed by atoms with Crippen LogP contribution >= 0.6 is 0 Å². The quantitative estimate of drug-likeness (QED) is 0.892. The fraction of sp³-hybridized carbons (Fsp3) is 0.235. The Balaban J connectivity index is 1.84. The molecule has 0 aromatic heterocycles. The third-order valence-corrected chi connectivity index (χ3v) is 3.08. The number of hydrogen-bond acceptors (Lipinski definition) is 3. The van der Waals surface area contributed by atoms with E-state index in [1.807, 2.05) is 19.1 Å². The van der Waals surface area contributed by atoms with Gasteiger partial charge in [-0.25, -0.2) is 4.39 Å². The molecule has 0 fully saturated rings. The summed E-state index contributed by atoms with van der Waals surface area (Å²) in [4.78, 5) is 11.8. The Morgan fingerprint density at radius 3 is 2.55 bits per heavy atom. The first-order chi connectivity index (χ1) is 10.6. The fourth-order valence-corrected chi connectivity index (χ4v) is 1.89. The minimum atomic E-state index is -0.301. The van der Waals surface area contributed by atoms with Crippen LogP contribution in [0.4, 0.5) is 4.39 Å². The maximum Gasteiger partial charge on any atom is 0.258 e. The molecule has 2 rings (SSSR count). The second-order valence-electron chi connectivity index (χ2n) is 4.85. The molecule has 0 saturated carbocycles. The van der Waals surface area contributed by atoms with Crippen molar-refractivity contribution in [3.8, 4) is 11.5 Å². The topological polar surface area (TPSA) is 47.6 Å². The molecule has 5 heteroatoms. The highest BCUT2D eigenvalue weighted by Crippen LogP contribution is 2.27. The molecule has 4 nitrogen and oxygen atoms in total. The second-order valence-corrected chi connectivity index (χ2v) is 4.85. The van der Waals surface area contributed by atoms with Crippen LogP contribution in [0.2, 0.25) is 0 Å². The molecular formula is C17H18FNO3. The Kier molecular flexibility index (Phi) is 5.36. The van der Waals surface area contributed by atoms with Crippen LogP contribution in [0, 0.1) is 12.7 Å². The van der Waals surface area contributed by atoms with Crippen molar-refractivity contribution in [1.29, 1.82) is 0 Å². The molecule has 0 spiro atoms. The number of nitrogens with one attached hydrogen (secondary N) is 1. The zero-order chi connectivity index (χ0) is 15.9. The number of carbonyl (C=O) groups excluding carboxylic acids is 1. The highest BCUT2D eigenvalue weighted by Gasteiger charge is 2.07. The lowest BCUT2D eigenvalue weighted by molar-refractivity contribution is -0.123. The molecule has 0 atom stereocenters. The van der Waals surface area contributed by atoms with Crippen LogP contribution < -0.4 is 14.8 Å². The summed E-state index contributed by atoms with van der Waals surface area (Å²) in [6.07, 6.45) is 0. The van der Waals surface area contributed by atoms with Crippen molar-refractivity contribution in [2.75, 3.05) is 13.7 Å². The largest absolute Gasteiger partial charge is 0.493 e. The Labute approximate surface area is 128 Å². The molecule has 0 radical (unpaired) electrons. The van der Waals surface area contributed by atoms with Crippen molar-refractivity contribution in [2.45, 2.75) is 13.5 Å². The number of benzene rings is 2. The van der Waals surface area contributed by atoms with Gasteiger partial charge in [-0.1, -0.05) is 18.2 Å². The summed E-state index contributed by atoms with van der Waals surface area (Å²) in [5.41, 5.74) is 1.87. The van der Waals surface area contributed by atoms with Gasteiger partial charge in [0.2, 0.25) is 0 Å². The SMILES string of the molecule is COc1cc(C)ccc1OCC(=O)NCc1ccc(F)cc1. The van der Waals surface area contributed by atoms with E-state index < -0.39 is 0 Å². The van der Waals surface area contributed by atoms with Crippen LogP contribution in [0.1, 0.15) is 11.1 Å². The molecule has 0 aliphatic carbocycles. The molecule has 2 aromatic carbocycles. The number of carbonyl (C=O) groups is 1. The number of methoxy groups -OCH3 is 1. The van der Waals surface area contributed by atoms with Crippen molar-refractivity contribution in [3.05, 3.63) is 59.4 Å². The van der Waals surface area contributed by atoms with Crippen molar-refractivity contribution in [3.63, 3.8) is 0 Å². The lowest BCUT2D eigenvalue weighted by atomic mass is 10.2. The van der Waals surface area contributed by atoms with Gasteiger partial charge < -0.3 is 14.8 Å². The molecule has 1 amide bonds. The van der Waals surface area contributed by atoms with E-state index in [2.05, 4.69) is 5.32 Å². The Morgan fingerprint density at radius 1 is 1.14 bits per heavy atom. The van der Waals surface area contributed by atoms with E-state index in [1.165, 1.54) is 12.1 Å². The maximum atomic E-state index is 12.8. The van der Waals surface area contributed by atoms with E-state index in [4.69, 9.17) is 9.47 Å². The van der Waals surface area contributed by atoms with E-state index in [9.17, 15) is 9.18 Å². The van der Waals surface area contributed by atoms with Gasteiger partial charge in [-0.2, -0.15) is 0 Å². The summed E-state index contributed by atoms with van der Waals surface area (Å²) < 4.78 is 23.4. The summed E-state index contributed by atoms with van der Waals surface area (Å²) >= 11 is 0. The molecule has 22 heavy (non-hydrogen) atoms. The predicted molar refractivity (Wildman–Crippen MR) is 81.5 cm³/mol. The number of aryl methyl sites for hydroxylation is 1. The van der Waals surface area contributed by atoms with E-state index in [-0.39, 0.29) is 18.3 Å². The van der Waals surface area contributed by atoms with Gasteiger partial charge in [-0.15, -0.1) is 0 Å². The van der Waals surface area contributed by atoms with Gasteiger partial charge in [0.05, 0.1) is 7.11 Å². The Hall–Kier alpha value is -2.56. The van der Waals surface area contributed by atoms with Crippen LogP contribution in [-0.4, -0.2) is 19.6 Å². The fourth-order valence-electron chi connectivity index (χ4n) is 1.89. The normalized spacial score (nSPS) is 10.1. The van der Waals surface area contributed by atoms with Crippen molar-refractivity contribution >= 4 is 5.91 Å². The Morgan fingerprint density at radius 2 is 1.86 bits per heavy atom. The molecule has 0 aliphatic rings. The third kappa shape index (κ3) is 4.48. The number of rotatable bonds is 6. The van der Waals surface area contributed by atoms with E-state index in [0.717, 1.165) is 11.1 Å². The number of ether oxygens (including phenoxy) is 2. The number of hydrogen-bond donors (Lipinski definition) is 1. The molecule has 0 saturated heterocycles. The number of halogens is 1. The zero-order valence-electron chi connectivity index (χ0n) is 12.6. The number of amides is 1. The van der Waals surface area contributed by atoms with E-state index >= 15 is 0 Å². The van der Waals surface area contributed by atoms with Gasteiger partial charge in [0, 0.05) is 6.54 Å². The highest BCUT2D eigenvalue weighted by atomic mass is 19.1. The molecule has 0 unspecified atom stereocenters. The van der Waals surface area contributed by atoms with Crippen LogP contribution in [0.25, 0.3) is 0 Å². The maximum absolute atomic E-state index is 12.8. The summed E-state index contributed by atoms with van der Waals surface area (Å²) in [5, 5.41) is 2.71. The van der Waals surface area contributed by atoms with Crippen LogP contribution in [0.15, 0.2) is 42.5 Å². The minimum Gasteiger partial charge on any atom is -0.493 e. The first-order valence-electron chi connectivity index (χ1n) is 6.87. The monoisotopic (exact) mass is 303 g/mol. The smallest absolute Gasteiger partial charge is 0.258 e. The van der Waals surface area contributed by atoms with Gasteiger partial charge in [-0.3, -0.25) is 4.79 Å². The average Bonchev–Trinajstić information content (AvgIpc) is 2.53. The first-order valence-corrected chi connectivity index (χ1v) is 6.87. The van der Waals surface area contributed by atoms with Gasteiger partial charge in [0.25, 0.3) is 5.91 Å². The summed E-state index contributed by atoms with van der Waals surface area (Å²) in [5.74, 6) is 0.549. The summed E-state index contributed by atoms with van der Waals surface area (Å²) in [6, 6.07) is 11.4. The molecule has 2 aromatic rings. The Bertz CT molecular complexity index is 641. The molecule has 1 N–H and O–H groups in total. The zero-order valence-corrected chi connectivity index (χ0v) is 12.6. The molecule has 116 valence electrons. The van der Waals surface area contributed by atoms with Crippen LogP contribution in [0.3, 0.4) is 0 Å². The van der Waals surface area contributed by atoms with Gasteiger partial charge in [0.1, 0.15) is 5.82 Å². The lowest BCUT2D eigenvalue weighted by Gasteiger charge is -2.11. The third-order valence-electron chi connectivity index (χ3n) is 3.08.